The largest absolute Gasteiger partial charge is 0.358 e. The molecule has 1 N–H and O–H groups in total. The molecule has 0 spiro atoms. The number of amides is 1. The topological polar surface area (TPSA) is 39.3 Å². The summed E-state index contributed by atoms with van der Waals surface area (Å²) < 4.78 is 26.7. The molecule has 2 heterocycles. The van der Waals surface area contributed by atoms with Crippen LogP contribution >= 0.6 is 0 Å². The molecule has 1 aromatic heterocycles. The van der Waals surface area contributed by atoms with Crippen LogP contribution < -0.4 is 0 Å². The van der Waals surface area contributed by atoms with Gasteiger partial charge in [-0.05, 0) is 49.2 Å². The minimum absolute atomic E-state index is 0.0486. The van der Waals surface area contributed by atoms with Crippen LogP contribution in [0.4, 0.5) is 8.78 Å². The SMILES string of the molecule is Cc1[nH]c2ccc(F)cc2c1C(=O)N1CCN(CCc2ccc(F)cc2)CC1. The highest BCUT2D eigenvalue weighted by Gasteiger charge is 2.25. The Morgan fingerprint density at radius 1 is 1.00 bits per heavy atom. The standard InChI is InChI=1S/C22H23F2N3O/c1-15-21(19-14-18(24)6-7-20(19)25-15)22(28)27-12-10-26(11-13-27)9-8-16-2-4-17(23)5-3-16/h2-7,14,25H,8-13H2,1H3. The van der Waals surface area contributed by atoms with E-state index in [-0.39, 0.29) is 17.5 Å². The molecular formula is C22H23F2N3O. The summed E-state index contributed by atoms with van der Waals surface area (Å²) in [5.41, 5.74) is 3.22. The third-order valence-electron chi connectivity index (χ3n) is 5.45. The molecule has 2 aromatic carbocycles. The quantitative estimate of drug-likeness (QED) is 0.745. The van der Waals surface area contributed by atoms with Gasteiger partial charge in [-0.15, -0.1) is 0 Å². The zero-order valence-corrected chi connectivity index (χ0v) is 15.8. The van der Waals surface area contributed by atoms with Crippen molar-refractivity contribution < 1.29 is 13.6 Å². The zero-order chi connectivity index (χ0) is 19.7. The van der Waals surface area contributed by atoms with Crippen molar-refractivity contribution in [3.8, 4) is 0 Å². The Morgan fingerprint density at radius 2 is 1.68 bits per heavy atom. The molecule has 0 saturated carbocycles. The van der Waals surface area contributed by atoms with Crippen molar-refractivity contribution in [2.75, 3.05) is 32.7 Å². The molecule has 0 atom stereocenters. The molecule has 0 radical (unpaired) electrons. The number of carbonyl (C=O) groups is 1. The molecule has 1 aliphatic rings. The number of benzene rings is 2. The van der Waals surface area contributed by atoms with Gasteiger partial charge in [0.25, 0.3) is 5.91 Å². The molecule has 146 valence electrons. The first-order valence-corrected chi connectivity index (χ1v) is 9.55. The third-order valence-corrected chi connectivity index (χ3v) is 5.45. The summed E-state index contributed by atoms with van der Waals surface area (Å²) in [6.07, 6.45) is 0.856. The second-order valence-electron chi connectivity index (χ2n) is 7.33. The van der Waals surface area contributed by atoms with Gasteiger partial charge in [0.05, 0.1) is 5.56 Å². The predicted molar refractivity (Wildman–Crippen MR) is 105 cm³/mol. The van der Waals surface area contributed by atoms with Crippen molar-refractivity contribution in [3.05, 3.63) is 70.9 Å². The number of nitrogens with one attached hydrogen (secondary N) is 1. The molecule has 1 amide bonds. The number of nitrogens with zero attached hydrogens (tertiary/aromatic N) is 2. The average molecular weight is 383 g/mol. The van der Waals surface area contributed by atoms with E-state index in [9.17, 15) is 13.6 Å². The van der Waals surface area contributed by atoms with E-state index in [1.54, 1.807) is 6.07 Å². The summed E-state index contributed by atoms with van der Waals surface area (Å²) in [5, 5.41) is 0.640. The molecule has 1 saturated heterocycles. The highest BCUT2D eigenvalue weighted by atomic mass is 19.1. The van der Waals surface area contributed by atoms with Crippen LogP contribution in [0.5, 0.6) is 0 Å². The van der Waals surface area contributed by atoms with Gasteiger partial charge >= 0.3 is 0 Å². The molecule has 6 heteroatoms. The summed E-state index contributed by atoms with van der Waals surface area (Å²) in [7, 11) is 0. The van der Waals surface area contributed by atoms with E-state index in [2.05, 4.69) is 9.88 Å². The fourth-order valence-corrected chi connectivity index (χ4v) is 3.85. The fraction of sp³-hybridized carbons (Fsp3) is 0.318. The minimum atomic E-state index is -0.342. The summed E-state index contributed by atoms with van der Waals surface area (Å²) in [6.45, 7) is 5.60. The minimum Gasteiger partial charge on any atom is -0.358 e. The molecule has 0 aliphatic carbocycles. The van der Waals surface area contributed by atoms with Crippen molar-refractivity contribution >= 4 is 16.8 Å². The lowest BCUT2D eigenvalue weighted by Gasteiger charge is -2.34. The molecule has 0 bridgehead atoms. The number of piperazine rings is 1. The van der Waals surface area contributed by atoms with Gasteiger partial charge in [-0.1, -0.05) is 12.1 Å². The van der Waals surface area contributed by atoms with Crippen LogP contribution in [0.1, 0.15) is 21.6 Å². The summed E-state index contributed by atoms with van der Waals surface area (Å²) in [6, 6.07) is 11.1. The molecule has 4 rings (SSSR count). The van der Waals surface area contributed by atoms with Gasteiger partial charge in [0.1, 0.15) is 11.6 Å². The van der Waals surface area contributed by atoms with Crippen molar-refractivity contribution in [2.45, 2.75) is 13.3 Å². The lowest BCUT2D eigenvalue weighted by Crippen LogP contribution is -2.49. The van der Waals surface area contributed by atoms with E-state index < -0.39 is 0 Å². The lowest BCUT2D eigenvalue weighted by atomic mass is 10.1. The second-order valence-corrected chi connectivity index (χ2v) is 7.33. The number of hydrogen-bond donors (Lipinski definition) is 1. The van der Waals surface area contributed by atoms with Gasteiger partial charge < -0.3 is 9.88 Å². The highest BCUT2D eigenvalue weighted by Crippen LogP contribution is 2.25. The first kappa shape index (κ1) is 18.6. The molecule has 3 aromatic rings. The average Bonchev–Trinajstić information content (AvgIpc) is 3.02. The molecule has 1 fully saturated rings. The number of carbonyl (C=O) groups excluding carboxylic acids is 1. The number of rotatable bonds is 4. The maximum atomic E-state index is 13.7. The Morgan fingerprint density at radius 3 is 2.39 bits per heavy atom. The summed E-state index contributed by atoms with van der Waals surface area (Å²) in [4.78, 5) is 20.4. The molecule has 0 unspecified atom stereocenters. The predicted octanol–water partition coefficient (Wildman–Crippen LogP) is 3.76. The van der Waals surface area contributed by atoms with Gasteiger partial charge in [0.15, 0.2) is 0 Å². The molecule has 1 aliphatic heterocycles. The first-order chi connectivity index (χ1) is 13.5. The monoisotopic (exact) mass is 383 g/mol. The van der Waals surface area contributed by atoms with Crippen molar-refractivity contribution in [1.29, 1.82) is 0 Å². The Kier molecular flexibility index (Phi) is 5.13. The van der Waals surface area contributed by atoms with E-state index in [0.29, 0.717) is 24.0 Å². The van der Waals surface area contributed by atoms with Gasteiger partial charge in [-0.25, -0.2) is 8.78 Å². The molecule has 4 nitrogen and oxygen atoms in total. The van der Waals surface area contributed by atoms with Crippen LogP contribution in [0.2, 0.25) is 0 Å². The fourth-order valence-electron chi connectivity index (χ4n) is 3.85. The van der Waals surface area contributed by atoms with Crippen molar-refractivity contribution in [2.24, 2.45) is 0 Å². The van der Waals surface area contributed by atoms with Gasteiger partial charge in [-0.2, -0.15) is 0 Å². The van der Waals surface area contributed by atoms with Crippen LogP contribution in [-0.4, -0.2) is 53.4 Å². The third kappa shape index (κ3) is 3.78. The van der Waals surface area contributed by atoms with E-state index in [0.717, 1.165) is 42.8 Å². The molecule has 28 heavy (non-hydrogen) atoms. The number of fused-ring (bicyclic) bond motifs is 1. The Labute approximate surface area is 162 Å². The van der Waals surface area contributed by atoms with Crippen LogP contribution in [0.25, 0.3) is 10.9 Å². The van der Waals surface area contributed by atoms with Crippen molar-refractivity contribution in [3.63, 3.8) is 0 Å². The number of aryl methyl sites for hydroxylation is 1. The number of aromatic nitrogens is 1. The number of hydrogen-bond acceptors (Lipinski definition) is 2. The Hall–Kier alpha value is -2.73. The lowest BCUT2D eigenvalue weighted by molar-refractivity contribution is 0.0640. The van der Waals surface area contributed by atoms with Crippen LogP contribution in [0, 0.1) is 18.6 Å². The van der Waals surface area contributed by atoms with Crippen LogP contribution in [-0.2, 0) is 6.42 Å². The van der Waals surface area contributed by atoms with Crippen LogP contribution in [0.3, 0.4) is 0 Å². The van der Waals surface area contributed by atoms with Gasteiger partial charge in [0.2, 0.25) is 0 Å². The number of H-pyrrole nitrogens is 1. The van der Waals surface area contributed by atoms with Gasteiger partial charge in [0, 0.05) is 49.3 Å². The van der Waals surface area contributed by atoms with E-state index >= 15 is 0 Å². The first-order valence-electron chi connectivity index (χ1n) is 9.55. The number of aromatic amines is 1. The second kappa shape index (κ2) is 7.72. The summed E-state index contributed by atoms with van der Waals surface area (Å²) >= 11 is 0. The van der Waals surface area contributed by atoms with Crippen LogP contribution in [0.15, 0.2) is 42.5 Å². The van der Waals surface area contributed by atoms with E-state index in [4.69, 9.17) is 0 Å². The summed E-state index contributed by atoms with van der Waals surface area (Å²) in [5.74, 6) is -0.609. The van der Waals surface area contributed by atoms with E-state index in [1.165, 1.54) is 24.3 Å². The highest BCUT2D eigenvalue weighted by molar-refractivity contribution is 6.08. The van der Waals surface area contributed by atoms with Gasteiger partial charge in [-0.3, -0.25) is 9.69 Å². The maximum Gasteiger partial charge on any atom is 0.256 e. The van der Waals surface area contributed by atoms with E-state index in [1.807, 2.05) is 24.0 Å². The van der Waals surface area contributed by atoms with Crippen molar-refractivity contribution in [1.82, 2.24) is 14.8 Å². The smallest absolute Gasteiger partial charge is 0.256 e. The Bertz CT molecular complexity index is 989. The molecular weight excluding hydrogens is 360 g/mol. The number of halogens is 2. The maximum absolute atomic E-state index is 13.7. The Balaban J connectivity index is 1.38. The zero-order valence-electron chi connectivity index (χ0n) is 15.8. The normalized spacial score (nSPS) is 15.3.